The van der Waals surface area contributed by atoms with E-state index >= 15 is 0 Å². The van der Waals surface area contributed by atoms with Crippen LogP contribution in [0, 0.1) is 5.92 Å². The number of nitrogens with one attached hydrogen (secondary N) is 1. The minimum absolute atomic E-state index is 0.00674. The lowest BCUT2D eigenvalue weighted by Crippen LogP contribution is -2.68. The van der Waals surface area contributed by atoms with Gasteiger partial charge in [0.15, 0.2) is 0 Å². The summed E-state index contributed by atoms with van der Waals surface area (Å²) < 4.78 is 1.02. The highest BCUT2D eigenvalue weighted by atomic mass is 79.9. The molecule has 2 fully saturated rings. The van der Waals surface area contributed by atoms with Crippen LogP contribution in [0.15, 0.2) is 15.9 Å². The first-order valence-electron chi connectivity index (χ1n) is 6.74. The second-order valence-corrected chi connectivity index (χ2v) is 7.97. The van der Waals surface area contributed by atoms with E-state index in [9.17, 15) is 9.59 Å². The molecular weight excluding hydrogens is 340 g/mol. The van der Waals surface area contributed by atoms with Crippen molar-refractivity contribution in [2.24, 2.45) is 5.92 Å². The lowest BCUT2D eigenvalue weighted by atomic mass is 9.94. The van der Waals surface area contributed by atoms with Crippen LogP contribution in [0.4, 0.5) is 0 Å². The number of halogens is 1. The summed E-state index contributed by atoms with van der Waals surface area (Å²) in [5, 5.41) is 4.86. The Morgan fingerprint density at radius 3 is 2.70 bits per heavy atom. The van der Waals surface area contributed by atoms with Gasteiger partial charge in [-0.25, -0.2) is 0 Å². The predicted molar refractivity (Wildman–Crippen MR) is 81.3 cm³/mol. The molecule has 3 rings (SSSR count). The maximum atomic E-state index is 12.7. The summed E-state index contributed by atoms with van der Waals surface area (Å²) in [6.45, 7) is 4.06. The monoisotopic (exact) mass is 356 g/mol. The summed E-state index contributed by atoms with van der Waals surface area (Å²) in [5.41, 5.74) is -0.809. The fraction of sp³-hybridized carbons (Fsp3) is 0.571. The van der Waals surface area contributed by atoms with E-state index in [1.54, 1.807) is 30.1 Å². The first-order valence-corrected chi connectivity index (χ1v) is 8.42. The normalized spacial score (nSPS) is 25.8. The summed E-state index contributed by atoms with van der Waals surface area (Å²) in [6.07, 6.45) is 2.08. The number of piperazine rings is 1. The Hall–Kier alpha value is -0.880. The zero-order chi connectivity index (χ0) is 14.5. The van der Waals surface area contributed by atoms with Crippen LogP contribution in [-0.2, 0) is 16.1 Å². The van der Waals surface area contributed by atoms with E-state index in [2.05, 4.69) is 21.2 Å². The van der Waals surface area contributed by atoms with Crippen molar-refractivity contribution in [2.75, 3.05) is 0 Å². The van der Waals surface area contributed by atoms with Crippen LogP contribution in [0.2, 0.25) is 0 Å². The van der Waals surface area contributed by atoms with E-state index in [1.807, 2.05) is 11.4 Å². The van der Waals surface area contributed by atoms with Gasteiger partial charge in [0.05, 0.1) is 6.54 Å². The van der Waals surface area contributed by atoms with E-state index in [1.165, 1.54) is 0 Å². The Labute approximate surface area is 130 Å². The summed E-state index contributed by atoms with van der Waals surface area (Å²) in [5.74, 6) is 0.338. The molecule has 0 bridgehead atoms. The maximum Gasteiger partial charge on any atom is 0.248 e. The van der Waals surface area contributed by atoms with Crippen LogP contribution < -0.4 is 5.32 Å². The van der Waals surface area contributed by atoms with Gasteiger partial charge >= 0.3 is 0 Å². The average molecular weight is 357 g/mol. The van der Waals surface area contributed by atoms with Crippen molar-refractivity contribution in [3.05, 3.63) is 20.8 Å². The molecule has 2 aliphatic rings. The van der Waals surface area contributed by atoms with E-state index in [4.69, 9.17) is 0 Å². The topological polar surface area (TPSA) is 49.4 Å². The van der Waals surface area contributed by atoms with Gasteiger partial charge in [-0.05, 0) is 54.6 Å². The highest BCUT2D eigenvalue weighted by molar-refractivity contribution is 9.10. The van der Waals surface area contributed by atoms with Crippen molar-refractivity contribution in [3.63, 3.8) is 0 Å². The molecule has 1 saturated heterocycles. The third-order valence-electron chi connectivity index (χ3n) is 3.85. The van der Waals surface area contributed by atoms with Crippen molar-refractivity contribution in [1.29, 1.82) is 0 Å². The van der Waals surface area contributed by atoms with Crippen molar-refractivity contribution >= 4 is 39.1 Å². The molecule has 1 aliphatic carbocycles. The van der Waals surface area contributed by atoms with Gasteiger partial charge < -0.3 is 10.2 Å². The Morgan fingerprint density at radius 1 is 1.45 bits per heavy atom. The number of nitrogens with zero attached hydrogens (tertiary/aromatic N) is 1. The highest BCUT2D eigenvalue weighted by Crippen LogP contribution is 2.39. The molecule has 0 aromatic carbocycles. The third-order valence-corrected chi connectivity index (χ3v) is 5.53. The Balaban J connectivity index is 1.89. The largest absolute Gasteiger partial charge is 0.340 e. The van der Waals surface area contributed by atoms with Crippen molar-refractivity contribution < 1.29 is 9.59 Å². The molecule has 1 aromatic rings. The molecule has 1 aliphatic heterocycles. The van der Waals surface area contributed by atoms with Gasteiger partial charge in [-0.2, -0.15) is 0 Å². The molecule has 108 valence electrons. The molecule has 20 heavy (non-hydrogen) atoms. The highest BCUT2D eigenvalue weighted by Gasteiger charge is 2.50. The van der Waals surface area contributed by atoms with Gasteiger partial charge in [-0.15, -0.1) is 11.3 Å². The van der Waals surface area contributed by atoms with E-state index in [0.717, 1.165) is 22.2 Å². The molecule has 1 atom stereocenters. The number of carbonyl (C=O) groups is 2. The van der Waals surface area contributed by atoms with Gasteiger partial charge in [0, 0.05) is 14.7 Å². The lowest BCUT2D eigenvalue weighted by Gasteiger charge is -2.43. The minimum atomic E-state index is -0.809. The second-order valence-electron chi connectivity index (χ2n) is 6.06. The average Bonchev–Trinajstić information content (AvgIpc) is 3.09. The maximum absolute atomic E-state index is 12.7. The molecule has 1 saturated carbocycles. The number of hydrogen-bond acceptors (Lipinski definition) is 3. The summed E-state index contributed by atoms with van der Waals surface area (Å²) >= 11 is 5.04. The van der Waals surface area contributed by atoms with Crippen molar-refractivity contribution in [1.82, 2.24) is 10.2 Å². The number of rotatable bonds is 3. The third kappa shape index (κ3) is 2.51. The summed E-state index contributed by atoms with van der Waals surface area (Å²) in [7, 11) is 0. The molecule has 2 heterocycles. The minimum Gasteiger partial charge on any atom is -0.340 e. The van der Waals surface area contributed by atoms with E-state index in [0.29, 0.717) is 12.5 Å². The lowest BCUT2D eigenvalue weighted by molar-refractivity contribution is -0.155. The molecule has 2 amide bonds. The smallest absolute Gasteiger partial charge is 0.248 e. The number of thiophene rings is 1. The molecule has 1 unspecified atom stereocenters. The van der Waals surface area contributed by atoms with Crippen LogP contribution >= 0.6 is 27.3 Å². The first kappa shape index (κ1) is 14.1. The van der Waals surface area contributed by atoms with Gasteiger partial charge in [0.2, 0.25) is 11.8 Å². The Morgan fingerprint density at radius 2 is 2.15 bits per heavy atom. The van der Waals surface area contributed by atoms with Crippen molar-refractivity contribution in [3.8, 4) is 0 Å². The summed E-state index contributed by atoms with van der Waals surface area (Å²) in [4.78, 5) is 27.9. The fourth-order valence-electron chi connectivity index (χ4n) is 2.72. The fourth-order valence-corrected chi connectivity index (χ4v) is 4.17. The molecule has 0 spiro atoms. The van der Waals surface area contributed by atoms with Gasteiger partial charge in [0.25, 0.3) is 0 Å². The molecule has 1 aromatic heterocycles. The second kappa shape index (κ2) is 4.84. The van der Waals surface area contributed by atoms with Crippen LogP contribution in [0.3, 0.4) is 0 Å². The molecule has 6 heteroatoms. The molecule has 0 radical (unpaired) electrons. The number of hydrogen-bond donors (Lipinski definition) is 1. The van der Waals surface area contributed by atoms with Gasteiger partial charge in [-0.1, -0.05) is 0 Å². The van der Waals surface area contributed by atoms with Gasteiger partial charge in [-0.3, -0.25) is 9.59 Å². The van der Waals surface area contributed by atoms with Crippen LogP contribution in [0.1, 0.15) is 31.6 Å². The SMILES string of the molecule is CC1(C)NC(=O)C(C2CC2)N(Cc2cc(Br)cs2)C1=O. The summed E-state index contributed by atoms with van der Waals surface area (Å²) in [6, 6.07) is 1.72. The standard InChI is InChI=1S/C14H17BrN2O2S/c1-14(2)13(19)17(6-10-5-9(15)7-20-10)11(8-3-4-8)12(18)16-14/h5,7-8,11H,3-4,6H2,1-2H3,(H,16,18). The predicted octanol–water partition coefficient (Wildman–Crippen LogP) is 2.53. The van der Waals surface area contributed by atoms with Crippen molar-refractivity contribution in [2.45, 2.75) is 44.8 Å². The molecule has 1 N–H and O–H groups in total. The van der Waals surface area contributed by atoms with Crippen LogP contribution in [0.25, 0.3) is 0 Å². The number of carbonyl (C=O) groups excluding carboxylic acids is 2. The molecule has 4 nitrogen and oxygen atoms in total. The zero-order valence-corrected chi connectivity index (χ0v) is 13.9. The van der Waals surface area contributed by atoms with E-state index < -0.39 is 5.54 Å². The van der Waals surface area contributed by atoms with Gasteiger partial charge in [0.1, 0.15) is 11.6 Å². The Bertz CT molecular complexity index is 565. The molecular formula is C14H17BrN2O2S. The quantitative estimate of drug-likeness (QED) is 0.904. The zero-order valence-electron chi connectivity index (χ0n) is 11.5. The van der Waals surface area contributed by atoms with E-state index in [-0.39, 0.29) is 17.9 Å². The van der Waals surface area contributed by atoms with Crippen LogP contribution in [-0.4, -0.2) is 28.3 Å². The number of amides is 2. The van der Waals surface area contributed by atoms with Crippen LogP contribution in [0.5, 0.6) is 0 Å². The Kier molecular flexibility index (Phi) is 3.41. The first-order chi connectivity index (χ1) is 9.38.